The maximum Gasteiger partial charge on any atom is 0.243 e. The van der Waals surface area contributed by atoms with Gasteiger partial charge in [0.25, 0.3) is 0 Å². The lowest BCUT2D eigenvalue weighted by atomic mass is 10.1. The van der Waals surface area contributed by atoms with Crippen molar-refractivity contribution in [2.24, 2.45) is 5.92 Å². The van der Waals surface area contributed by atoms with Crippen molar-refractivity contribution in [2.45, 2.75) is 33.7 Å². The fraction of sp³-hybridized carbons (Fsp3) is 0.450. The first-order valence-electron chi connectivity index (χ1n) is 8.65. The number of nitrogens with zero attached hydrogens (tertiary/aromatic N) is 1. The van der Waals surface area contributed by atoms with Gasteiger partial charge in [-0.3, -0.25) is 9.69 Å². The first kappa shape index (κ1) is 16.8. The smallest absolute Gasteiger partial charge is 0.243 e. The van der Waals surface area contributed by atoms with Crippen LogP contribution < -0.4 is 5.32 Å². The number of benzene rings is 1. The third-order valence-electron chi connectivity index (χ3n) is 4.66. The van der Waals surface area contributed by atoms with Gasteiger partial charge in [0.2, 0.25) is 5.91 Å². The Morgan fingerprint density at radius 1 is 1.38 bits per heavy atom. The highest BCUT2D eigenvalue weighted by Gasteiger charge is 2.24. The molecule has 128 valence electrons. The Bertz CT molecular complexity index is 756. The molecule has 24 heavy (non-hydrogen) atoms. The van der Waals surface area contributed by atoms with E-state index in [0.717, 1.165) is 49.5 Å². The van der Waals surface area contributed by atoms with Crippen molar-refractivity contribution in [1.82, 2.24) is 10.2 Å². The summed E-state index contributed by atoms with van der Waals surface area (Å²) in [6.07, 6.45) is 2.78. The lowest BCUT2D eigenvalue weighted by Gasteiger charge is -2.15. The predicted molar refractivity (Wildman–Crippen MR) is 96.8 cm³/mol. The molecule has 0 saturated carbocycles. The van der Waals surface area contributed by atoms with Crippen LogP contribution in [0.5, 0.6) is 0 Å². The fourth-order valence-corrected chi connectivity index (χ4v) is 3.36. The number of carbonyl (C=O) groups is 1. The van der Waals surface area contributed by atoms with E-state index in [1.54, 1.807) is 6.08 Å². The molecule has 2 heterocycles. The topological polar surface area (TPSA) is 45.5 Å². The monoisotopic (exact) mass is 326 g/mol. The molecule has 4 nitrogen and oxygen atoms in total. The van der Waals surface area contributed by atoms with Crippen LogP contribution in [0, 0.1) is 12.8 Å². The molecule has 1 unspecified atom stereocenters. The Morgan fingerprint density at radius 3 is 2.92 bits per heavy atom. The van der Waals surface area contributed by atoms with Crippen molar-refractivity contribution in [1.29, 1.82) is 0 Å². The molecule has 1 fully saturated rings. The van der Waals surface area contributed by atoms with Crippen LogP contribution >= 0.6 is 0 Å². The summed E-state index contributed by atoms with van der Waals surface area (Å²) in [7, 11) is 0. The van der Waals surface area contributed by atoms with Crippen molar-refractivity contribution >= 4 is 16.9 Å². The number of likely N-dealkylation sites (tertiary alicyclic amines) is 1. The van der Waals surface area contributed by atoms with Gasteiger partial charge in [0, 0.05) is 24.6 Å². The van der Waals surface area contributed by atoms with Crippen LogP contribution in [-0.4, -0.2) is 30.4 Å². The van der Waals surface area contributed by atoms with E-state index in [9.17, 15) is 4.79 Å². The minimum atomic E-state index is 0.0154. The highest BCUT2D eigenvalue weighted by atomic mass is 16.3. The van der Waals surface area contributed by atoms with Gasteiger partial charge in [0.05, 0.1) is 6.54 Å². The molecule has 1 aromatic carbocycles. The summed E-state index contributed by atoms with van der Waals surface area (Å²) in [6, 6.07) is 8.20. The normalized spacial score (nSPS) is 18.0. The zero-order valence-electron chi connectivity index (χ0n) is 14.8. The SMILES string of the molecule is CC(C)=CC(=O)NCC1CCN(Cc2oc3ccccc3c2C)C1. The standard InChI is InChI=1S/C20H26N2O2/c1-14(2)10-20(23)21-11-16-8-9-22(12-16)13-19-15(3)17-6-4-5-7-18(17)24-19/h4-7,10,16H,8-9,11-13H2,1-3H3,(H,21,23). The third kappa shape index (κ3) is 3.88. The van der Waals surface area contributed by atoms with Crippen molar-refractivity contribution in [3.8, 4) is 0 Å². The van der Waals surface area contributed by atoms with Gasteiger partial charge in [-0.2, -0.15) is 0 Å². The van der Waals surface area contributed by atoms with Crippen molar-refractivity contribution in [2.75, 3.05) is 19.6 Å². The molecular formula is C20H26N2O2. The number of carbonyl (C=O) groups excluding carboxylic acids is 1. The van der Waals surface area contributed by atoms with Gasteiger partial charge in [0.1, 0.15) is 11.3 Å². The number of amides is 1. The lowest BCUT2D eigenvalue weighted by molar-refractivity contribution is -0.116. The molecule has 2 aromatic rings. The second-order valence-electron chi connectivity index (χ2n) is 7.00. The molecule has 0 spiro atoms. The van der Waals surface area contributed by atoms with E-state index in [1.165, 1.54) is 10.9 Å². The minimum absolute atomic E-state index is 0.0154. The molecule has 0 bridgehead atoms. The molecule has 4 heteroatoms. The minimum Gasteiger partial charge on any atom is -0.459 e. The van der Waals surface area contributed by atoms with Gasteiger partial charge in [-0.1, -0.05) is 23.8 Å². The van der Waals surface area contributed by atoms with Crippen LogP contribution in [0.15, 0.2) is 40.3 Å². The van der Waals surface area contributed by atoms with Gasteiger partial charge < -0.3 is 9.73 Å². The predicted octanol–water partition coefficient (Wildman–Crippen LogP) is 3.65. The van der Waals surface area contributed by atoms with E-state index < -0.39 is 0 Å². The Hall–Kier alpha value is -2.07. The Kier molecular flexibility index (Phi) is 5.05. The summed E-state index contributed by atoms with van der Waals surface area (Å²) in [6.45, 7) is 9.66. The summed E-state index contributed by atoms with van der Waals surface area (Å²) in [5.41, 5.74) is 3.24. The summed E-state index contributed by atoms with van der Waals surface area (Å²) < 4.78 is 6.02. The second kappa shape index (κ2) is 7.22. The first-order chi connectivity index (χ1) is 11.5. The maximum atomic E-state index is 11.7. The van der Waals surface area contributed by atoms with Crippen LogP contribution in [0.1, 0.15) is 31.6 Å². The van der Waals surface area contributed by atoms with Crippen LogP contribution in [0.2, 0.25) is 0 Å². The van der Waals surface area contributed by atoms with E-state index in [1.807, 2.05) is 26.0 Å². The van der Waals surface area contributed by atoms with E-state index in [-0.39, 0.29) is 5.91 Å². The van der Waals surface area contributed by atoms with Crippen LogP contribution in [-0.2, 0) is 11.3 Å². The maximum absolute atomic E-state index is 11.7. The van der Waals surface area contributed by atoms with E-state index in [4.69, 9.17) is 4.42 Å². The molecular weight excluding hydrogens is 300 g/mol. The fourth-order valence-electron chi connectivity index (χ4n) is 3.36. The van der Waals surface area contributed by atoms with Crippen molar-refractivity contribution < 1.29 is 9.21 Å². The number of allylic oxidation sites excluding steroid dienone is 1. The molecule has 1 saturated heterocycles. The van der Waals surface area contributed by atoms with Gasteiger partial charge in [0.15, 0.2) is 0 Å². The zero-order valence-corrected chi connectivity index (χ0v) is 14.8. The number of rotatable bonds is 5. The number of nitrogens with one attached hydrogen (secondary N) is 1. The molecule has 1 atom stereocenters. The summed E-state index contributed by atoms with van der Waals surface area (Å²) in [4.78, 5) is 14.1. The zero-order chi connectivity index (χ0) is 17.1. The van der Waals surface area contributed by atoms with Gasteiger partial charge in [-0.25, -0.2) is 0 Å². The largest absolute Gasteiger partial charge is 0.459 e. The Morgan fingerprint density at radius 2 is 2.17 bits per heavy atom. The number of para-hydroxylation sites is 1. The number of furan rings is 1. The molecule has 1 N–H and O–H groups in total. The van der Waals surface area contributed by atoms with Crippen LogP contribution in [0.25, 0.3) is 11.0 Å². The van der Waals surface area contributed by atoms with E-state index >= 15 is 0 Å². The lowest BCUT2D eigenvalue weighted by Crippen LogP contribution is -2.29. The van der Waals surface area contributed by atoms with Gasteiger partial charge in [-0.05, 0) is 51.3 Å². The number of hydrogen-bond donors (Lipinski definition) is 1. The molecule has 0 aliphatic carbocycles. The number of fused-ring (bicyclic) bond motifs is 1. The molecule has 3 rings (SSSR count). The Balaban J connectivity index is 1.55. The quantitative estimate of drug-likeness (QED) is 0.853. The van der Waals surface area contributed by atoms with Gasteiger partial charge in [-0.15, -0.1) is 0 Å². The molecule has 1 aromatic heterocycles. The van der Waals surface area contributed by atoms with E-state index in [2.05, 4.69) is 29.3 Å². The summed E-state index contributed by atoms with van der Waals surface area (Å²) in [5.74, 6) is 1.59. The molecule has 0 radical (unpaired) electrons. The first-order valence-corrected chi connectivity index (χ1v) is 8.65. The van der Waals surface area contributed by atoms with Crippen molar-refractivity contribution in [3.05, 3.63) is 47.2 Å². The van der Waals surface area contributed by atoms with E-state index in [0.29, 0.717) is 5.92 Å². The number of hydrogen-bond acceptors (Lipinski definition) is 3. The average molecular weight is 326 g/mol. The number of aryl methyl sites for hydroxylation is 1. The molecule has 1 aliphatic rings. The van der Waals surface area contributed by atoms with Gasteiger partial charge >= 0.3 is 0 Å². The molecule has 1 aliphatic heterocycles. The highest BCUT2D eigenvalue weighted by Crippen LogP contribution is 2.27. The van der Waals surface area contributed by atoms with Crippen LogP contribution in [0.4, 0.5) is 0 Å². The van der Waals surface area contributed by atoms with Crippen LogP contribution in [0.3, 0.4) is 0 Å². The third-order valence-corrected chi connectivity index (χ3v) is 4.66. The second-order valence-corrected chi connectivity index (χ2v) is 7.00. The highest BCUT2D eigenvalue weighted by molar-refractivity contribution is 5.88. The van der Waals surface area contributed by atoms with Crippen molar-refractivity contribution in [3.63, 3.8) is 0 Å². The summed E-state index contributed by atoms with van der Waals surface area (Å²) in [5, 5.41) is 4.21. The average Bonchev–Trinajstić information content (AvgIpc) is 3.11. The Labute approximate surface area is 143 Å². The molecule has 1 amide bonds. The summed E-state index contributed by atoms with van der Waals surface area (Å²) >= 11 is 0.